The summed E-state index contributed by atoms with van der Waals surface area (Å²) >= 11 is 0. The molecule has 3 nitrogen and oxygen atoms in total. The zero-order chi connectivity index (χ0) is 17.1. The second-order valence-corrected chi connectivity index (χ2v) is 9.14. The van der Waals surface area contributed by atoms with Crippen molar-refractivity contribution < 1.29 is 15.0 Å². The van der Waals surface area contributed by atoms with Gasteiger partial charge in [-0.3, -0.25) is 4.79 Å². The molecule has 3 heteroatoms. The Morgan fingerprint density at radius 2 is 1.96 bits per heavy atom. The lowest BCUT2D eigenvalue weighted by atomic mass is 9.47. The van der Waals surface area contributed by atoms with Gasteiger partial charge in [0.05, 0.1) is 0 Å². The summed E-state index contributed by atoms with van der Waals surface area (Å²) in [4.78, 5) is 11.8. The molecule has 0 aliphatic heterocycles. The third kappa shape index (κ3) is 2.28. The fourth-order valence-corrected chi connectivity index (χ4v) is 6.95. The first-order valence-electron chi connectivity index (χ1n) is 9.65. The summed E-state index contributed by atoms with van der Waals surface area (Å²) in [6, 6.07) is 0. The lowest BCUT2D eigenvalue weighted by Gasteiger charge is -2.57. The van der Waals surface area contributed by atoms with Crippen LogP contribution in [0.2, 0.25) is 0 Å². The molecule has 2 N–H and O–H groups in total. The van der Waals surface area contributed by atoms with Crippen LogP contribution in [0.15, 0.2) is 23.8 Å². The van der Waals surface area contributed by atoms with E-state index in [0.29, 0.717) is 30.1 Å². The molecule has 0 saturated heterocycles. The number of fused-ring (bicyclic) bond motifs is 5. The summed E-state index contributed by atoms with van der Waals surface area (Å²) in [6.45, 7) is 4.74. The lowest BCUT2D eigenvalue weighted by Crippen LogP contribution is -2.49. The van der Waals surface area contributed by atoms with Gasteiger partial charge in [-0.25, -0.2) is 0 Å². The minimum Gasteiger partial charge on any atom is -0.368 e. The normalized spacial score (nSPS) is 47.2. The molecule has 3 fully saturated rings. The van der Waals surface area contributed by atoms with E-state index in [-0.39, 0.29) is 16.6 Å². The van der Waals surface area contributed by atoms with E-state index >= 15 is 0 Å². The Labute approximate surface area is 144 Å². The number of allylic oxidation sites excluding steroid dienone is 4. The van der Waals surface area contributed by atoms with Crippen molar-refractivity contribution in [2.24, 2.45) is 34.5 Å². The Bertz CT molecular complexity index is 604. The van der Waals surface area contributed by atoms with E-state index in [1.165, 1.54) is 31.3 Å². The number of ketones is 1. The number of aliphatic hydroxyl groups excluding tert-OH is 1. The largest absolute Gasteiger partial charge is 0.368 e. The van der Waals surface area contributed by atoms with Crippen LogP contribution in [0.5, 0.6) is 0 Å². The van der Waals surface area contributed by atoms with Crippen LogP contribution in [-0.4, -0.2) is 22.3 Å². The zero-order valence-corrected chi connectivity index (χ0v) is 14.9. The number of hydrogen-bond acceptors (Lipinski definition) is 3. The highest BCUT2D eigenvalue weighted by Gasteiger charge is 2.58. The molecule has 132 valence electrons. The highest BCUT2D eigenvalue weighted by molar-refractivity contribution is 6.01. The van der Waals surface area contributed by atoms with Crippen molar-refractivity contribution in [1.29, 1.82) is 0 Å². The Kier molecular flexibility index (Phi) is 3.81. The summed E-state index contributed by atoms with van der Waals surface area (Å²) in [5, 5.41) is 19.0. The molecule has 0 heterocycles. The molecule has 24 heavy (non-hydrogen) atoms. The van der Waals surface area contributed by atoms with Crippen molar-refractivity contribution in [3.8, 4) is 0 Å². The van der Waals surface area contributed by atoms with E-state index in [1.54, 1.807) is 6.08 Å². The van der Waals surface area contributed by atoms with Crippen molar-refractivity contribution in [1.82, 2.24) is 0 Å². The lowest BCUT2D eigenvalue weighted by molar-refractivity contribution is -0.111. The molecule has 0 bridgehead atoms. The zero-order valence-electron chi connectivity index (χ0n) is 14.9. The maximum Gasteiger partial charge on any atom is 0.178 e. The summed E-state index contributed by atoms with van der Waals surface area (Å²) in [6.07, 6.45) is 12.2. The van der Waals surface area contributed by atoms with E-state index in [4.69, 9.17) is 0 Å². The SMILES string of the molecule is C[C@]12CC[C@H]3[C@@H](CCC4=CC(=O)C=C[C@@]43C)[C@@H]1CC[C@@H]2CC(O)O. The van der Waals surface area contributed by atoms with Gasteiger partial charge in [-0.15, -0.1) is 0 Å². The van der Waals surface area contributed by atoms with Gasteiger partial charge in [-0.05, 0) is 79.8 Å². The Balaban J connectivity index is 1.62. The van der Waals surface area contributed by atoms with E-state index in [2.05, 4.69) is 19.9 Å². The molecule has 0 amide bonds. The second kappa shape index (κ2) is 5.54. The number of carbonyl (C=O) groups is 1. The standard InChI is InChI=1S/C21H30O3/c1-20-9-7-15(22)11-13(20)3-5-16-17-6-4-14(12-19(23)24)21(17,2)10-8-18(16)20/h7,9,11,14,16-19,23-24H,3-6,8,10,12H2,1-2H3/t14-,16+,17+,18+,20+,21-/m1/s1. The van der Waals surface area contributed by atoms with E-state index in [1.807, 2.05) is 6.08 Å². The summed E-state index contributed by atoms with van der Waals surface area (Å²) in [5.41, 5.74) is 1.67. The van der Waals surface area contributed by atoms with E-state index < -0.39 is 6.29 Å². The predicted octanol–water partition coefficient (Wildman–Crippen LogP) is 3.61. The van der Waals surface area contributed by atoms with Gasteiger partial charge in [0.1, 0.15) is 0 Å². The molecule has 0 aromatic rings. The van der Waals surface area contributed by atoms with Gasteiger partial charge < -0.3 is 10.2 Å². The van der Waals surface area contributed by atoms with Gasteiger partial charge in [-0.2, -0.15) is 0 Å². The van der Waals surface area contributed by atoms with E-state index in [0.717, 1.165) is 12.8 Å². The van der Waals surface area contributed by atoms with Crippen molar-refractivity contribution in [3.05, 3.63) is 23.8 Å². The minimum absolute atomic E-state index is 0.0622. The van der Waals surface area contributed by atoms with Crippen LogP contribution in [0.1, 0.15) is 58.8 Å². The molecule has 0 aromatic heterocycles. The van der Waals surface area contributed by atoms with Gasteiger partial charge in [-0.1, -0.05) is 25.5 Å². The highest BCUT2D eigenvalue weighted by Crippen LogP contribution is 2.66. The molecule has 4 aliphatic carbocycles. The quantitative estimate of drug-likeness (QED) is 0.761. The number of carbonyl (C=O) groups excluding carboxylic acids is 1. The molecule has 0 spiro atoms. The Hall–Kier alpha value is -0.930. The smallest absolute Gasteiger partial charge is 0.178 e. The average molecular weight is 330 g/mol. The van der Waals surface area contributed by atoms with Gasteiger partial charge in [0, 0.05) is 11.8 Å². The monoisotopic (exact) mass is 330 g/mol. The van der Waals surface area contributed by atoms with Crippen LogP contribution in [0.25, 0.3) is 0 Å². The van der Waals surface area contributed by atoms with Crippen LogP contribution in [0.3, 0.4) is 0 Å². The van der Waals surface area contributed by atoms with Crippen molar-refractivity contribution in [3.63, 3.8) is 0 Å². The minimum atomic E-state index is -1.17. The number of aliphatic hydroxyl groups is 2. The molecule has 0 unspecified atom stereocenters. The van der Waals surface area contributed by atoms with Crippen molar-refractivity contribution in [2.75, 3.05) is 0 Å². The van der Waals surface area contributed by atoms with Crippen LogP contribution in [0.4, 0.5) is 0 Å². The molecule has 0 radical (unpaired) electrons. The molecular formula is C21H30O3. The third-order valence-electron chi connectivity index (χ3n) is 8.25. The Morgan fingerprint density at radius 1 is 1.17 bits per heavy atom. The van der Waals surface area contributed by atoms with Gasteiger partial charge in [0.25, 0.3) is 0 Å². The first-order valence-corrected chi connectivity index (χ1v) is 9.65. The molecule has 4 aliphatic rings. The maximum atomic E-state index is 11.8. The van der Waals surface area contributed by atoms with Gasteiger partial charge in [0.2, 0.25) is 0 Å². The van der Waals surface area contributed by atoms with Crippen LogP contribution in [0, 0.1) is 34.5 Å². The number of rotatable bonds is 2. The molecule has 4 rings (SSSR count). The average Bonchev–Trinajstić information content (AvgIpc) is 2.84. The van der Waals surface area contributed by atoms with Gasteiger partial charge in [0.15, 0.2) is 12.1 Å². The summed E-state index contributed by atoms with van der Waals surface area (Å²) < 4.78 is 0. The first kappa shape index (κ1) is 16.5. The highest BCUT2D eigenvalue weighted by atomic mass is 16.5. The third-order valence-corrected chi connectivity index (χ3v) is 8.25. The van der Waals surface area contributed by atoms with Crippen LogP contribution < -0.4 is 0 Å². The fourth-order valence-electron chi connectivity index (χ4n) is 6.95. The molecule has 0 aromatic carbocycles. The van der Waals surface area contributed by atoms with Gasteiger partial charge >= 0.3 is 0 Å². The maximum absolute atomic E-state index is 11.8. The first-order chi connectivity index (χ1) is 11.3. The molecule has 6 atom stereocenters. The molecule has 3 saturated carbocycles. The second-order valence-electron chi connectivity index (χ2n) is 9.14. The predicted molar refractivity (Wildman–Crippen MR) is 92.9 cm³/mol. The van der Waals surface area contributed by atoms with Crippen LogP contribution in [-0.2, 0) is 4.79 Å². The van der Waals surface area contributed by atoms with Crippen molar-refractivity contribution >= 4 is 5.78 Å². The van der Waals surface area contributed by atoms with Crippen LogP contribution >= 0.6 is 0 Å². The Morgan fingerprint density at radius 3 is 2.71 bits per heavy atom. The number of hydrogen-bond donors (Lipinski definition) is 2. The fraction of sp³-hybridized carbons (Fsp3) is 0.762. The van der Waals surface area contributed by atoms with Crippen molar-refractivity contribution in [2.45, 2.75) is 65.1 Å². The topological polar surface area (TPSA) is 57.5 Å². The summed E-state index contributed by atoms with van der Waals surface area (Å²) in [5.74, 6) is 2.64. The summed E-state index contributed by atoms with van der Waals surface area (Å²) in [7, 11) is 0. The van der Waals surface area contributed by atoms with E-state index in [9.17, 15) is 15.0 Å². The molecular weight excluding hydrogens is 300 g/mol.